The summed E-state index contributed by atoms with van der Waals surface area (Å²) in [5.74, 6) is -0.399. The van der Waals surface area contributed by atoms with Crippen molar-refractivity contribution in [3.05, 3.63) is 24.0 Å². The zero-order valence-electron chi connectivity index (χ0n) is 9.80. The van der Waals surface area contributed by atoms with Crippen molar-refractivity contribution in [2.45, 2.75) is 0 Å². The minimum absolute atomic E-state index is 0.128. The van der Waals surface area contributed by atoms with E-state index in [9.17, 15) is 9.90 Å². The van der Waals surface area contributed by atoms with E-state index in [-0.39, 0.29) is 17.2 Å². The number of amides is 1. The highest BCUT2D eigenvalue weighted by Crippen LogP contribution is 2.16. The minimum Gasteiger partial charge on any atom is -0.505 e. The van der Waals surface area contributed by atoms with E-state index in [0.29, 0.717) is 26.2 Å². The summed E-state index contributed by atoms with van der Waals surface area (Å²) >= 11 is 0. The molecule has 0 fully saturated rings. The quantitative estimate of drug-likeness (QED) is 0.719. The molecule has 0 aliphatic rings. The van der Waals surface area contributed by atoms with Crippen LogP contribution in [0.1, 0.15) is 10.4 Å². The van der Waals surface area contributed by atoms with E-state index < -0.39 is 0 Å². The highest BCUT2D eigenvalue weighted by molar-refractivity contribution is 5.96. The summed E-state index contributed by atoms with van der Waals surface area (Å²) < 4.78 is 4.93. The van der Waals surface area contributed by atoms with Gasteiger partial charge in [0.15, 0.2) is 0 Å². The normalized spacial score (nSPS) is 10.2. The van der Waals surface area contributed by atoms with Gasteiger partial charge in [0.1, 0.15) is 5.75 Å². The third-order valence-corrected chi connectivity index (χ3v) is 2.28. The predicted octanol–water partition coefficient (Wildman–Crippen LogP) is -0.165. The van der Waals surface area contributed by atoms with Crippen molar-refractivity contribution in [3.63, 3.8) is 0 Å². The molecule has 0 unspecified atom stereocenters. The number of pyridine rings is 1. The first-order valence-corrected chi connectivity index (χ1v) is 5.32. The molecule has 1 amide bonds. The lowest BCUT2D eigenvalue weighted by Crippen LogP contribution is -2.37. The first-order valence-electron chi connectivity index (χ1n) is 5.32. The molecule has 1 heterocycles. The number of methoxy groups -OCH3 is 1. The summed E-state index contributed by atoms with van der Waals surface area (Å²) in [4.78, 5) is 17.4. The van der Waals surface area contributed by atoms with Gasteiger partial charge in [-0.15, -0.1) is 0 Å². The van der Waals surface area contributed by atoms with Crippen LogP contribution in [0.4, 0.5) is 0 Å². The van der Waals surface area contributed by atoms with E-state index in [1.54, 1.807) is 12.0 Å². The van der Waals surface area contributed by atoms with Gasteiger partial charge in [-0.1, -0.05) is 0 Å². The van der Waals surface area contributed by atoms with Gasteiger partial charge in [0.25, 0.3) is 5.91 Å². The van der Waals surface area contributed by atoms with Crippen LogP contribution in [0.2, 0.25) is 0 Å². The fraction of sp³-hybridized carbons (Fsp3) is 0.455. The van der Waals surface area contributed by atoms with Gasteiger partial charge >= 0.3 is 0 Å². The van der Waals surface area contributed by atoms with Gasteiger partial charge in [-0.25, -0.2) is 0 Å². The molecule has 6 heteroatoms. The van der Waals surface area contributed by atoms with Crippen LogP contribution >= 0.6 is 0 Å². The number of aromatic hydroxyl groups is 1. The number of hydrogen-bond acceptors (Lipinski definition) is 5. The second-order valence-corrected chi connectivity index (χ2v) is 3.47. The number of hydrogen-bond donors (Lipinski definition) is 2. The summed E-state index contributed by atoms with van der Waals surface area (Å²) in [6, 6.07) is 1.48. The molecule has 0 saturated carbocycles. The average molecular weight is 239 g/mol. The van der Waals surface area contributed by atoms with Crippen molar-refractivity contribution in [2.75, 3.05) is 33.4 Å². The molecule has 17 heavy (non-hydrogen) atoms. The molecule has 6 nitrogen and oxygen atoms in total. The molecule has 0 saturated heterocycles. The highest BCUT2D eigenvalue weighted by Gasteiger charge is 2.17. The van der Waals surface area contributed by atoms with E-state index in [1.165, 1.54) is 18.5 Å². The molecule has 1 aromatic heterocycles. The fourth-order valence-corrected chi connectivity index (χ4v) is 1.41. The summed E-state index contributed by atoms with van der Waals surface area (Å²) in [6.45, 7) is 1.65. The number of aromatic nitrogens is 1. The number of carbonyl (C=O) groups excluding carboxylic acids is 1. The molecule has 0 aromatic carbocycles. The van der Waals surface area contributed by atoms with Crippen molar-refractivity contribution < 1.29 is 14.6 Å². The van der Waals surface area contributed by atoms with E-state index in [4.69, 9.17) is 10.5 Å². The maximum Gasteiger partial charge on any atom is 0.257 e. The fourth-order valence-electron chi connectivity index (χ4n) is 1.41. The van der Waals surface area contributed by atoms with Crippen molar-refractivity contribution in [1.29, 1.82) is 0 Å². The Balaban J connectivity index is 2.80. The number of nitrogens with two attached hydrogens (primary N) is 1. The van der Waals surface area contributed by atoms with Crippen LogP contribution in [0.3, 0.4) is 0 Å². The molecule has 0 spiro atoms. The van der Waals surface area contributed by atoms with Crippen LogP contribution in [0, 0.1) is 0 Å². The van der Waals surface area contributed by atoms with Gasteiger partial charge in [-0.05, 0) is 6.07 Å². The van der Waals surface area contributed by atoms with Crippen LogP contribution in [0.5, 0.6) is 5.75 Å². The molecule has 3 N–H and O–H groups in total. The Bertz CT molecular complexity index is 371. The third kappa shape index (κ3) is 3.69. The molecule has 0 atom stereocenters. The Labute approximate surface area is 100 Å². The largest absolute Gasteiger partial charge is 0.505 e. The Hall–Kier alpha value is -1.66. The zero-order chi connectivity index (χ0) is 12.7. The van der Waals surface area contributed by atoms with E-state index in [0.717, 1.165) is 0 Å². The van der Waals surface area contributed by atoms with Gasteiger partial charge in [0.05, 0.1) is 18.4 Å². The minimum atomic E-state index is -0.271. The van der Waals surface area contributed by atoms with Gasteiger partial charge in [0, 0.05) is 32.9 Å². The topological polar surface area (TPSA) is 88.7 Å². The van der Waals surface area contributed by atoms with Gasteiger partial charge < -0.3 is 20.5 Å². The van der Waals surface area contributed by atoms with Crippen molar-refractivity contribution in [1.82, 2.24) is 9.88 Å². The summed E-state index contributed by atoms with van der Waals surface area (Å²) in [5, 5.41) is 9.55. The van der Waals surface area contributed by atoms with E-state index in [2.05, 4.69) is 4.98 Å². The summed E-state index contributed by atoms with van der Waals surface area (Å²) in [7, 11) is 1.56. The monoisotopic (exact) mass is 239 g/mol. The Morgan fingerprint density at radius 1 is 1.59 bits per heavy atom. The number of ether oxygens (including phenoxy) is 1. The van der Waals surface area contributed by atoms with Crippen molar-refractivity contribution in [3.8, 4) is 5.75 Å². The van der Waals surface area contributed by atoms with E-state index >= 15 is 0 Å². The number of carbonyl (C=O) groups is 1. The lowest BCUT2D eigenvalue weighted by Gasteiger charge is -2.21. The van der Waals surface area contributed by atoms with Gasteiger partial charge in [-0.3, -0.25) is 9.78 Å². The first-order chi connectivity index (χ1) is 8.20. The van der Waals surface area contributed by atoms with Crippen LogP contribution in [-0.2, 0) is 4.74 Å². The molecule has 0 radical (unpaired) electrons. The lowest BCUT2D eigenvalue weighted by atomic mass is 10.2. The average Bonchev–Trinajstić information content (AvgIpc) is 2.34. The zero-order valence-corrected chi connectivity index (χ0v) is 9.80. The standard InChI is InChI=1S/C11H17N3O3/c1-17-7-6-14(5-3-12)11(16)9-2-4-13-8-10(9)15/h2,4,8,15H,3,5-7,12H2,1H3. The number of rotatable bonds is 6. The van der Waals surface area contributed by atoms with Gasteiger partial charge in [0.2, 0.25) is 0 Å². The van der Waals surface area contributed by atoms with Crippen molar-refractivity contribution in [2.24, 2.45) is 5.73 Å². The van der Waals surface area contributed by atoms with Gasteiger partial charge in [-0.2, -0.15) is 0 Å². The maximum atomic E-state index is 12.1. The SMILES string of the molecule is COCCN(CCN)C(=O)c1ccncc1O. The van der Waals surface area contributed by atoms with Crippen LogP contribution in [-0.4, -0.2) is 54.2 Å². The molecule has 0 bridgehead atoms. The predicted molar refractivity (Wildman–Crippen MR) is 62.7 cm³/mol. The van der Waals surface area contributed by atoms with Crippen molar-refractivity contribution >= 4 is 5.91 Å². The summed E-state index contributed by atoms with van der Waals surface area (Å²) in [5.41, 5.74) is 5.67. The number of nitrogens with zero attached hydrogens (tertiary/aromatic N) is 2. The molecule has 94 valence electrons. The molecular formula is C11H17N3O3. The van der Waals surface area contributed by atoms with Crippen LogP contribution < -0.4 is 5.73 Å². The Morgan fingerprint density at radius 3 is 2.94 bits per heavy atom. The first kappa shape index (κ1) is 13.4. The Morgan fingerprint density at radius 2 is 2.35 bits per heavy atom. The third-order valence-electron chi connectivity index (χ3n) is 2.28. The van der Waals surface area contributed by atoms with E-state index in [1.807, 2.05) is 0 Å². The molecule has 0 aliphatic carbocycles. The molecule has 1 rings (SSSR count). The maximum absolute atomic E-state index is 12.1. The summed E-state index contributed by atoms with van der Waals surface area (Å²) in [6.07, 6.45) is 2.70. The van der Waals surface area contributed by atoms with Crippen LogP contribution in [0.15, 0.2) is 18.5 Å². The molecular weight excluding hydrogens is 222 g/mol. The smallest absolute Gasteiger partial charge is 0.257 e. The Kier molecular flexibility index (Phi) is 5.38. The second-order valence-electron chi connectivity index (χ2n) is 3.47. The highest BCUT2D eigenvalue weighted by atomic mass is 16.5. The van der Waals surface area contributed by atoms with Crippen LogP contribution in [0.25, 0.3) is 0 Å². The second kappa shape index (κ2) is 6.82. The lowest BCUT2D eigenvalue weighted by molar-refractivity contribution is 0.0698. The molecule has 1 aromatic rings. The molecule has 0 aliphatic heterocycles.